The Morgan fingerprint density at radius 1 is 1.53 bits per heavy atom. The Labute approximate surface area is 120 Å². The number of nitrogens with one attached hydrogen (secondary N) is 1. The molecule has 4 nitrogen and oxygen atoms in total. The van der Waals surface area contributed by atoms with Gasteiger partial charge >= 0.3 is 5.97 Å². The number of aromatic nitrogens is 1. The molecule has 0 bridgehead atoms. The molecule has 6 heteroatoms. The molecule has 0 aliphatic carbocycles. The fraction of sp³-hybridized carbons (Fsp3) is 0.231. The highest BCUT2D eigenvalue weighted by atomic mass is 35.5. The monoisotopic (exact) mass is 296 g/mol. The van der Waals surface area contributed by atoms with E-state index in [1.54, 1.807) is 35.7 Å². The zero-order chi connectivity index (χ0) is 13.8. The fourth-order valence-electron chi connectivity index (χ4n) is 1.62. The van der Waals surface area contributed by atoms with Crippen molar-refractivity contribution in [1.29, 1.82) is 0 Å². The minimum atomic E-state index is -0.387. The summed E-state index contributed by atoms with van der Waals surface area (Å²) in [6, 6.07) is 5.00. The minimum absolute atomic E-state index is 0.0189. The van der Waals surface area contributed by atoms with Crippen LogP contribution in [0.3, 0.4) is 0 Å². The van der Waals surface area contributed by atoms with Gasteiger partial charge in [-0.1, -0.05) is 11.6 Å². The number of methoxy groups -OCH3 is 1. The van der Waals surface area contributed by atoms with Crippen molar-refractivity contribution in [3.05, 3.63) is 45.4 Å². The summed E-state index contributed by atoms with van der Waals surface area (Å²) < 4.78 is 4.69. The van der Waals surface area contributed by atoms with Gasteiger partial charge in [0.15, 0.2) is 0 Å². The van der Waals surface area contributed by atoms with Crippen molar-refractivity contribution in [2.24, 2.45) is 0 Å². The van der Waals surface area contributed by atoms with Gasteiger partial charge in [0.2, 0.25) is 0 Å². The van der Waals surface area contributed by atoms with Crippen molar-refractivity contribution < 1.29 is 9.53 Å². The third kappa shape index (κ3) is 3.24. The second kappa shape index (κ2) is 6.04. The molecule has 0 saturated heterocycles. The minimum Gasteiger partial charge on any atom is -0.465 e. The maximum absolute atomic E-state index is 11.5. The van der Waals surface area contributed by atoms with Gasteiger partial charge in [-0.25, -0.2) is 9.78 Å². The molecule has 0 amide bonds. The fourth-order valence-corrected chi connectivity index (χ4v) is 2.44. The molecule has 0 saturated carbocycles. The van der Waals surface area contributed by atoms with Crippen LogP contribution in [0.15, 0.2) is 29.8 Å². The van der Waals surface area contributed by atoms with Crippen molar-refractivity contribution in [2.75, 3.05) is 12.4 Å². The van der Waals surface area contributed by atoms with E-state index in [9.17, 15) is 4.79 Å². The van der Waals surface area contributed by atoms with Gasteiger partial charge in [-0.15, -0.1) is 11.3 Å². The average molecular weight is 297 g/mol. The molecule has 1 atom stereocenters. The highest BCUT2D eigenvalue weighted by molar-refractivity contribution is 7.09. The van der Waals surface area contributed by atoms with Crippen molar-refractivity contribution in [2.45, 2.75) is 13.0 Å². The average Bonchev–Trinajstić information content (AvgIpc) is 2.94. The molecule has 2 aromatic rings. The van der Waals surface area contributed by atoms with Gasteiger partial charge in [-0.2, -0.15) is 0 Å². The molecule has 2 rings (SSSR count). The smallest absolute Gasteiger partial charge is 0.337 e. The summed E-state index contributed by atoms with van der Waals surface area (Å²) in [6.07, 6.45) is 1.75. The molecule has 1 aromatic carbocycles. The molecule has 1 heterocycles. The van der Waals surface area contributed by atoms with Crippen LogP contribution in [-0.4, -0.2) is 18.1 Å². The molecular weight excluding hydrogens is 284 g/mol. The first-order valence-electron chi connectivity index (χ1n) is 5.65. The van der Waals surface area contributed by atoms with Crippen LogP contribution in [0.5, 0.6) is 0 Å². The number of hydrogen-bond acceptors (Lipinski definition) is 5. The Kier molecular flexibility index (Phi) is 4.39. The van der Waals surface area contributed by atoms with Crippen molar-refractivity contribution in [3.8, 4) is 0 Å². The second-order valence-electron chi connectivity index (χ2n) is 3.92. The molecule has 0 aliphatic rings. The number of carbonyl (C=O) groups is 1. The van der Waals surface area contributed by atoms with Crippen molar-refractivity contribution >= 4 is 34.6 Å². The lowest BCUT2D eigenvalue weighted by atomic mass is 10.2. The third-order valence-corrected chi connectivity index (χ3v) is 3.87. The van der Waals surface area contributed by atoms with E-state index in [0.29, 0.717) is 16.3 Å². The molecule has 1 unspecified atom stereocenters. The number of hydrogen-bond donors (Lipinski definition) is 1. The van der Waals surface area contributed by atoms with Gasteiger partial charge < -0.3 is 10.1 Å². The second-order valence-corrected chi connectivity index (χ2v) is 5.26. The first-order valence-corrected chi connectivity index (χ1v) is 6.91. The molecule has 0 radical (unpaired) electrons. The molecule has 1 aromatic heterocycles. The molecule has 19 heavy (non-hydrogen) atoms. The lowest BCUT2D eigenvalue weighted by Gasteiger charge is -2.14. The quantitative estimate of drug-likeness (QED) is 0.873. The lowest BCUT2D eigenvalue weighted by molar-refractivity contribution is 0.0601. The maximum Gasteiger partial charge on any atom is 0.337 e. The van der Waals surface area contributed by atoms with Crippen LogP contribution in [0.25, 0.3) is 0 Å². The van der Waals surface area contributed by atoms with E-state index in [-0.39, 0.29) is 12.0 Å². The molecule has 100 valence electrons. The van der Waals surface area contributed by atoms with Crippen LogP contribution in [0.4, 0.5) is 5.69 Å². The summed E-state index contributed by atoms with van der Waals surface area (Å²) in [7, 11) is 1.35. The summed E-state index contributed by atoms with van der Waals surface area (Å²) in [6.45, 7) is 1.99. The highest BCUT2D eigenvalue weighted by Gasteiger charge is 2.13. The van der Waals surface area contributed by atoms with Gasteiger partial charge in [0, 0.05) is 11.6 Å². The number of carbonyl (C=O) groups excluding carboxylic acids is 1. The van der Waals surface area contributed by atoms with Crippen LogP contribution in [-0.2, 0) is 4.74 Å². The van der Waals surface area contributed by atoms with E-state index >= 15 is 0 Å². The van der Waals surface area contributed by atoms with E-state index in [4.69, 9.17) is 11.6 Å². The Morgan fingerprint density at radius 2 is 2.32 bits per heavy atom. The number of halogens is 1. The highest BCUT2D eigenvalue weighted by Crippen LogP contribution is 2.28. The number of nitrogens with zero attached hydrogens (tertiary/aromatic N) is 1. The summed E-state index contributed by atoms with van der Waals surface area (Å²) in [5.41, 5.74) is 1.15. The molecule has 1 N–H and O–H groups in total. The first kappa shape index (κ1) is 13.8. The van der Waals surface area contributed by atoms with Crippen molar-refractivity contribution in [3.63, 3.8) is 0 Å². The number of thiazole rings is 1. The predicted octanol–water partition coefficient (Wildman–Crippen LogP) is 3.76. The number of ether oxygens (including phenoxy) is 1. The first-order chi connectivity index (χ1) is 9.11. The van der Waals surface area contributed by atoms with Crippen LogP contribution < -0.4 is 5.32 Å². The van der Waals surface area contributed by atoms with Gasteiger partial charge in [-0.3, -0.25) is 0 Å². The van der Waals surface area contributed by atoms with Crippen LogP contribution >= 0.6 is 22.9 Å². The summed E-state index contributed by atoms with van der Waals surface area (Å²) in [5, 5.41) is 6.67. The van der Waals surface area contributed by atoms with Gasteiger partial charge in [0.05, 0.1) is 29.4 Å². The number of esters is 1. The predicted molar refractivity (Wildman–Crippen MR) is 76.9 cm³/mol. The Bertz CT molecular complexity index is 572. The largest absolute Gasteiger partial charge is 0.465 e. The lowest BCUT2D eigenvalue weighted by Crippen LogP contribution is -2.08. The number of anilines is 1. The van der Waals surface area contributed by atoms with Gasteiger partial charge in [0.25, 0.3) is 0 Å². The van der Waals surface area contributed by atoms with E-state index < -0.39 is 0 Å². The van der Waals surface area contributed by atoms with Crippen molar-refractivity contribution in [1.82, 2.24) is 4.98 Å². The Morgan fingerprint density at radius 3 is 2.95 bits per heavy atom. The van der Waals surface area contributed by atoms with Crippen LogP contribution in [0, 0.1) is 0 Å². The van der Waals surface area contributed by atoms with E-state index in [1.807, 2.05) is 12.3 Å². The number of benzene rings is 1. The zero-order valence-electron chi connectivity index (χ0n) is 10.5. The van der Waals surface area contributed by atoms with E-state index in [2.05, 4.69) is 15.0 Å². The molecule has 0 fully saturated rings. The SMILES string of the molecule is COC(=O)c1ccc(Cl)c(NC(C)c2nccs2)c1. The third-order valence-electron chi connectivity index (χ3n) is 2.58. The summed E-state index contributed by atoms with van der Waals surface area (Å²) in [4.78, 5) is 15.7. The molecule has 0 spiro atoms. The topological polar surface area (TPSA) is 51.2 Å². The zero-order valence-corrected chi connectivity index (χ0v) is 12.1. The number of rotatable bonds is 4. The maximum atomic E-state index is 11.5. The van der Waals surface area contributed by atoms with Gasteiger partial charge in [-0.05, 0) is 25.1 Å². The molecule has 0 aliphatic heterocycles. The summed E-state index contributed by atoms with van der Waals surface area (Å²) >= 11 is 7.68. The van der Waals surface area contributed by atoms with E-state index in [0.717, 1.165) is 5.01 Å². The Hall–Kier alpha value is -1.59. The summed E-state index contributed by atoms with van der Waals surface area (Å²) in [5.74, 6) is -0.387. The van der Waals surface area contributed by atoms with E-state index in [1.165, 1.54) is 7.11 Å². The standard InChI is InChI=1S/C13H13ClN2O2S/c1-8(12-15-5-6-19-12)16-11-7-9(13(17)18-2)3-4-10(11)14/h3-8,16H,1-2H3. The van der Waals surface area contributed by atoms with Crippen LogP contribution in [0.1, 0.15) is 28.3 Å². The normalized spacial score (nSPS) is 11.9. The Balaban J connectivity index is 2.22. The molecular formula is C13H13ClN2O2S. The van der Waals surface area contributed by atoms with Crippen LogP contribution in [0.2, 0.25) is 5.02 Å². The van der Waals surface area contributed by atoms with Gasteiger partial charge in [0.1, 0.15) is 5.01 Å².